The molecular weight excluding hydrogens is 367 g/mol. The van der Waals surface area contributed by atoms with Crippen molar-refractivity contribution >= 4 is 5.65 Å². The molecule has 0 amide bonds. The molecule has 0 radical (unpaired) electrons. The minimum absolute atomic E-state index is 0.318. The summed E-state index contributed by atoms with van der Waals surface area (Å²) >= 11 is 0. The zero-order valence-electron chi connectivity index (χ0n) is 14.3. The van der Waals surface area contributed by atoms with E-state index in [-0.39, 0.29) is 5.75 Å². The van der Waals surface area contributed by atoms with Crippen molar-refractivity contribution in [2.45, 2.75) is 6.36 Å². The first kappa shape index (κ1) is 17.6. The Morgan fingerprint density at radius 3 is 2.39 bits per heavy atom. The number of aromatic nitrogens is 3. The van der Waals surface area contributed by atoms with E-state index >= 15 is 0 Å². The summed E-state index contributed by atoms with van der Waals surface area (Å²) in [6.07, 6.45) is -3.01. The van der Waals surface area contributed by atoms with Crippen LogP contribution < -0.4 is 4.74 Å². The number of alkyl halides is 3. The number of benzene rings is 2. The van der Waals surface area contributed by atoms with Gasteiger partial charge >= 0.3 is 6.36 Å². The van der Waals surface area contributed by atoms with Crippen molar-refractivity contribution in [3.05, 3.63) is 84.1 Å². The van der Waals surface area contributed by atoms with Crippen LogP contribution in [0.15, 0.2) is 72.9 Å². The zero-order chi connectivity index (χ0) is 19.6. The normalized spacial score (nSPS) is 11.1. The van der Waals surface area contributed by atoms with E-state index in [9.17, 15) is 13.2 Å². The molecule has 0 atom stereocenters. The Morgan fingerprint density at radius 2 is 1.61 bits per heavy atom. The SMILES string of the molecule is FC(F)(F)Oc1cccc(-c2nnc3ccc(C#Cc4ccccc4)cn23)c1. The number of halogens is 3. The molecule has 28 heavy (non-hydrogen) atoms. The molecule has 0 N–H and O–H groups in total. The van der Waals surface area contributed by atoms with Crippen LogP contribution in [0.25, 0.3) is 17.0 Å². The Labute approximate surface area is 158 Å². The summed E-state index contributed by atoms with van der Waals surface area (Å²) in [5, 5.41) is 8.15. The van der Waals surface area contributed by atoms with Crippen LogP contribution in [-0.2, 0) is 0 Å². The number of hydrogen-bond acceptors (Lipinski definition) is 3. The lowest BCUT2D eigenvalue weighted by molar-refractivity contribution is -0.274. The van der Waals surface area contributed by atoms with Gasteiger partial charge < -0.3 is 4.74 Å². The van der Waals surface area contributed by atoms with Gasteiger partial charge in [0.2, 0.25) is 0 Å². The van der Waals surface area contributed by atoms with Crippen molar-refractivity contribution in [3.63, 3.8) is 0 Å². The van der Waals surface area contributed by atoms with Gasteiger partial charge in [0.1, 0.15) is 5.75 Å². The van der Waals surface area contributed by atoms with Gasteiger partial charge in [0.25, 0.3) is 0 Å². The molecule has 0 spiro atoms. The van der Waals surface area contributed by atoms with Crippen molar-refractivity contribution in [1.29, 1.82) is 0 Å². The van der Waals surface area contributed by atoms with Gasteiger partial charge in [0.05, 0.1) is 0 Å². The Balaban J connectivity index is 1.71. The lowest BCUT2D eigenvalue weighted by Gasteiger charge is -2.09. The van der Waals surface area contributed by atoms with E-state index in [4.69, 9.17) is 0 Å². The molecule has 0 fully saturated rings. The third-order valence-electron chi connectivity index (χ3n) is 3.85. The van der Waals surface area contributed by atoms with Crippen LogP contribution in [0.3, 0.4) is 0 Å². The highest BCUT2D eigenvalue weighted by molar-refractivity contribution is 5.62. The highest BCUT2D eigenvalue weighted by Crippen LogP contribution is 2.27. The van der Waals surface area contributed by atoms with Gasteiger partial charge in [-0.1, -0.05) is 42.2 Å². The van der Waals surface area contributed by atoms with Gasteiger partial charge in [-0.3, -0.25) is 4.40 Å². The lowest BCUT2D eigenvalue weighted by Crippen LogP contribution is -2.17. The number of fused-ring (bicyclic) bond motifs is 1. The molecule has 0 unspecified atom stereocenters. The summed E-state index contributed by atoms with van der Waals surface area (Å²) in [6, 6.07) is 18.7. The maximum atomic E-state index is 12.5. The molecular formula is C21H12F3N3O. The first-order chi connectivity index (χ1) is 13.5. The summed E-state index contributed by atoms with van der Waals surface area (Å²) in [7, 11) is 0. The standard InChI is InChI=1S/C21H12F3N3O/c22-21(23,24)28-18-8-4-7-17(13-18)20-26-25-19-12-11-16(14-27(19)20)10-9-15-5-2-1-3-6-15/h1-8,11-14H. The molecule has 0 saturated carbocycles. The Bertz CT molecular complexity index is 1190. The van der Waals surface area contributed by atoms with Crippen molar-refractivity contribution in [2.75, 3.05) is 0 Å². The molecule has 0 aliphatic carbocycles. The summed E-state index contributed by atoms with van der Waals surface area (Å²) in [5.74, 6) is 6.20. The first-order valence-electron chi connectivity index (χ1n) is 8.26. The molecule has 138 valence electrons. The molecule has 0 bridgehead atoms. The fourth-order valence-electron chi connectivity index (χ4n) is 2.66. The minimum atomic E-state index is -4.76. The Kier molecular flexibility index (Phi) is 4.45. The molecule has 4 rings (SSSR count). The highest BCUT2D eigenvalue weighted by atomic mass is 19.4. The van der Waals surface area contributed by atoms with Crippen molar-refractivity contribution in [2.24, 2.45) is 0 Å². The molecule has 2 heterocycles. The van der Waals surface area contributed by atoms with E-state index in [1.165, 1.54) is 18.2 Å². The molecule has 2 aromatic carbocycles. The topological polar surface area (TPSA) is 39.4 Å². The molecule has 4 aromatic rings. The Morgan fingerprint density at radius 1 is 0.821 bits per heavy atom. The maximum absolute atomic E-state index is 12.5. The summed E-state index contributed by atoms with van der Waals surface area (Å²) in [6.45, 7) is 0. The maximum Gasteiger partial charge on any atom is 0.573 e. The summed E-state index contributed by atoms with van der Waals surface area (Å²) in [5.41, 5.74) is 2.61. The highest BCUT2D eigenvalue weighted by Gasteiger charge is 2.31. The second kappa shape index (κ2) is 7.08. The quantitative estimate of drug-likeness (QED) is 0.474. The van der Waals surface area contributed by atoms with Gasteiger partial charge in [0.15, 0.2) is 11.5 Å². The van der Waals surface area contributed by atoms with E-state index in [2.05, 4.69) is 26.8 Å². The van der Waals surface area contributed by atoms with Crippen LogP contribution in [0.4, 0.5) is 13.2 Å². The fraction of sp³-hybridized carbons (Fsp3) is 0.0476. The Hall–Kier alpha value is -3.79. The number of rotatable bonds is 2. The second-order valence-corrected chi connectivity index (χ2v) is 5.86. The van der Waals surface area contributed by atoms with Crippen LogP contribution in [0.1, 0.15) is 11.1 Å². The van der Waals surface area contributed by atoms with E-state index in [1.54, 1.807) is 22.7 Å². The van der Waals surface area contributed by atoms with Crippen LogP contribution in [0.2, 0.25) is 0 Å². The molecule has 0 saturated heterocycles. The average Bonchev–Trinajstić information content (AvgIpc) is 3.09. The number of hydrogen-bond donors (Lipinski definition) is 0. The van der Waals surface area contributed by atoms with Gasteiger partial charge in [0, 0.05) is 22.9 Å². The fourth-order valence-corrected chi connectivity index (χ4v) is 2.66. The molecule has 0 aliphatic heterocycles. The summed E-state index contributed by atoms with van der Waals surface area (Å²) < 4.78 is 43.1. The van der Waals surface area contributed by atoms with Crippen LogP contribution in [0.5, 0.6) is 5.75 Å². The third-order valence-corrected chi connectivity index (χ3v) is 3.85. The van der Waals surface area contributed by atoms with E-state index < -0.39 is 6.36 Å². The van der Waals surface area contributed by atoms with Crippen LogP contribution in [0, 0.1) is 11.8 Å². The summed E-state index contributed by atoms with van der Waals surface area (Å²) in [4.78, 5) is 0. The van der Waals surface area contributed by atoms with Crippen molar-refractivity contribution in [1.82, 2.24) is 14.6 Å². The smallest absolute Gasteiger partial charge is 0.406 e. The predicted octanol–water partition coefficient (Wildman–Crippen LogP) is 4.69. The molecule has 7 heteroatoms. The largest absolute Gasteiger partial charge is 0.573 e. The van der Waals surface area contributed by atoms with E-state index in [0.717, 1.165) is 11.1 Å². The van der Waals surface area contributed by atoms with Crippen molar-refractivity contribution < 1.29 is 17.9 Å². The van der Waals surface area contributed by atoms with Crippen LogP contribution >= 0.6 is 0 Å². The molecule has 4 nitrogen and oxygen atoms in total. The zero-order valence-corrected chi connectivity index (χ0v) is 14.3. The lowest BCUT2D eigenvalue weighted by atomic mass is 10.2. The second-order valence-electron chi connectivity index (χ2n) is 5.86. The number of ether oxygens (including phenoxy) is 1. The van der Waals surface area contributed by atoms with Gasteiger partial charge in [-0.25, -0.2) is 0 Å². The number of pyridine rings is 1. The molecule has 2 aromatic heterocycles. The average molecular weight is 379 g/mol. The van der Waals surface area contributed by atoms with Crippen LogP contribution in [-0.4, -0.2) is 21.0 Å². The van der Waals surface area contributed by atoms with E-state index in [0.29, 0.717) is 17.0 Å². The van der Waals surface area contributed by atoms with Gasteiger partial charge in [-0.15, -0.1) is 23.4 Å². The third kappa shape index (κ3) is 3.96. The minimum Gasteiger partial charge on any atom is -0.406 e. The number of nitrogens with zero attached hydrogens (tertiary/aromatic N) is 3. The molecule has 0 aliphatic rings. The van der Waals surface area contributed by atoms with Crippen molar-refractivity contribution in [3.8, 4) is 29.0 Å². The predicted molar refractivity (Wildman–Crippen MR) is 97.5 cm³/mol. The first-order valence-corrected chi connectivity index (χ1v) is 8.26. The van der Waals surface area contributed by atoms with Gasteiger partial charge in [-0.05, 0) is 36.4 Å². The van der Waals surface area contributed by atoms with E-state index in [1.807, 2.05) is 36.4 Å². The van der Waals surface area contributed by atoms with Gasteiger partial charge in [-0.2, -0.15) is 0 Å². The monoisotopic (exact) mass is 379 g/mol.